The van der Waals surface area contributed by atoms with Crippen LogP contribution in [0.1, 0.15) is 66.2 Å². The minimum absolute atomic E-state index is 0.185. The van der Waals surface area contributed by atoms with Gasteiger partial charge in [-0.2, -0.15) is 0 Å². The van der Waals surface area contributed by atoms with Gasteiger partial charge in [0, 0.05) is 12.6 Å². The van der Waals surface area contributed by atoms with Crippen LogP contribution >= 0.6 is 12.2 Å². The molecule has 1 amide bonds. The first-order valence-corrected chi connectivity index (χ1v) is 8.42. The summed E-state index contributed by atoms with van der Waals surface area (Å²) in [7, 11) is 0. The molecule has 0 bridgehead atoms. The smallest absolute Gasteiger partial charge is 0.235 e. The van der Waals surface area contributed by atoms with Crippen LogP contribution in [0.15, 0.2) is 0 Å². The van der Waals surface area contributed by atoms with Gasteiger partial charge in [-0.1, -0.05) is 52.8 Å². The average molecular weight is 298 g/mol. The summed E-state index contributed by atoms with van der Waals surface area (Å²) in [5.74, 6) is 0.679. The zero-order chi connectivity index (χ0) is 15.3. The molecule has 116 valence electrons. The Hall–Kier alpha value is -0.640. The Morgan fingerprint density at radius 3 is 2.30 bits per heavy atom. The van der Waals surface area contributed by atoms with Crippen molar-refractivity contribution in [3.05, 3.63) is 0 Å². The van der Waals surface area contributed by atoms with Gasteiger partial charge in [0.1, 0.15) is 0 Å². The van der Waals surface area contributed by atoms with Crippen molar-refractivity contribution in [2.45, 2.75) is 72.3 Å². The summed E-state index contributed by atoms with van der Waals surface area (Å²) in [4.78, 5) is 15.6. The number of carbonyl (C=O) groups is 1. The SMILES string of the molecule is CCCC(CCC)(C(=O)N1CCCC1C(C)C)C(N)=S. The average Bonchev–Trinajstić information content (AvgIpc) is 2.86. The zero-order valence-corrected chi connectivity index (χ0v) is 14.3. The molecule has 0 aromatic rings. The van der Waals surface area contributed by atoms with Crippen LogP contribution in [0.3, 0.4) is 0 Å². The van der Waals surface area contributed by atoms with Gasteiger partial charge >= 0.3 is 0 Å². The minimum atomic E-state index is -0.615. The molecule has 1 aliphatic heterocycles. The monoisotopic (exact) mass is 298 g/mol. The number of hydrogen-bond acceptors (Lipinski definition) is 2. The van der Waals surface area contributed by atoms with Crippen LogP contribution in [0.2, 0.25) is 0 Å². The molecule has 1 atom stereocenters. The van der Waals surface area contributed by atoms with Gasteiger partial charge in [-0.05, 0) is 31.6 Å². The molecule has 20 heavy (non-hydrogen) atoms. The number of thiocarbonyl (C=S) groups is 1. The molecule has 0 aromatic carbocycles. The predicted molar refractivity (Wildman–Crippen MR) is 88.6 cm³/mol. The Labute approximate surface area is 129 Å². The predicted octanol–water partition coefficient (Wildman–Crippen LogP) is 3.51. The summed E-state index contributed by atoms with van der Waals surface area (Å²) in [6.45, 7) is 9.44. The van der Waals surface area contributed by atoms with Gasteiger partial charge < -0.3 is 10.6 Å². The normalized spacial score (nSPS) is 19.6. The maximum Gasteiger partial charge on any atom is 0.235 e. The van der Waals surface area contributed by atoms with Crippen molar-refractivity contribution in [1.29, 1.82) is 0 Å². The zero-order valence-electron chi connectivity index (χ0n) is 13.4. The molecule has 1 saturated heterocycles. The molecule has 0 spiro atoms. The third-order valence-corrected chi connectivity index (χ3v) is 4.95. The Morgan fingerprint density at radius 2 is 1.90 bits per heavy atom. The molecule has 2 N–H and O–H groups in total. The molecule has 1 heterocycles. The first-order valence-electron chi connectivity index (χ1n) is 8.01. The number of carbonyl (C=O) groups excluding carboxylic acids is 1. The molecular formula is C16H30N2OS. The number of rotatable bonds is 7. The van der Waals surface area contributed by atoms with E-state index in [9.17, 15) is 4.79 Å². The maximum absolute atomic E-state index is 13.2. The Morgan fingerprint density at radius 1 is 1.35 bits per heavy atom. The summed E-state index contributed by atoms with van der Waals surface area (Å²) in [5.41, 5.74) is 5.40. The highest BCUT2D eigenvalue weighted by molar-refractivity contribution is 7.80. The number of likely N-dealkylation sites (tertiary alicyclic amines) is 1. The summed E-state index contributed by atoms with van der Waals surface area (Å²) in [6, 6.07) is 0.352. The molecule has 1 aliphatic rings. The summed E-state index contributed by atoms with van der Waals surface area (Å²) >= 11 is 5.31. The van der Waals surface area contributed by atoms with E-state index in [1.54, 1.807) is 0 Å². The van der Waals surface area contributed by atoms with E-state index in [2.05, 4.69) is 32.6 Å². The maximum atomic E-state index is 13.2. The molecule has 0 radical (unpaired) electrons. The third-order valence-electron chi connectivity index (χ3n) is 4.56. The first-order chi connectivity index (χ1) is 9.40. The molecule has 1 fully saturated rings. The second kappa shape index (κ2) is 7.39. The van der Waals surface area contributed by atoms with E-state index in [0.717, 1.165) is 45.1 Å². The Bertz CT molecular complexity index is 348. The first kappa shape index (κ1) is 17.4. The Balaban J connectivity index is 3.06. The van der Waals surface area contributed by atoms with Crippen LogP contribution in [0.25, 0.3) is 0 Å². The van der Waals surface area contributed by atoms with Gasteiger partial charge in [0.25, 0.3) is 0 Å². The highest BCUT2D eigenvalue weighted by Crippen LogP contribution is 2.36. The van der Waals surface area contributed by atoms with Crippen molar-refractivity contribution in [2.24, 2.45) is 17.1 Å². The summed E-state index contributed by atoms with van der Waals surface area (Å²) < 4.78 is 0. The molecule has 1 unspecified atom stereocenters. The second-order valence-corrected chi connectivity index (χ2v) is 6.84. The highest BCUT2D eigenvalue weighted by atomic mass is 32.1. The van der Waals surface area contributed by atoms with Gasteiger partial charge in [0.15, 0.2) is 0 Å². The number of nitrogens with two attached hydrogens (primary N) is 1. The van der Waals surface area contributed by atoms with Crippen LogP contribution < -0.4 is 5.73 Å². The molecule has 0 aromatic heterocycles. The lowest BCUT2D eigenvalue weighted by molar-refractivity contribution is -0.140. The lowest BCUT2D eigenvalue weighted by atomic mass is 9.77. The van der Waals surface area contributed by atoms with Crippen molar-refractivity contribution in [3.8, 4) is 0 Å². The minimum Gasteiger partial charge on any atom is -0.392 e. The lowest BCUT2D eigenvalue weighted by Gasteiger charge is -2.38. The van der Waals surface area contributed by atoms with E-state index in [4.69, 9.17) is 18.0 Å². The molecular weight excluding hydrogens is 268 g/mol. The van der Waals surface area contributed by atoms with Crippen molar-refractivity contribution in [3.63, 3.8) is 0 Å². The number of amides is 1. The van der Waals surface area contributed by atoms with Crippen molar-refractivity contribution in [2.75, 3.05) is 6.54 Å². The fourth-order valence-electron chi connectivity index (χ4n) is 3.56. The quantitative estimate of drug-likeness (QED) is 0.732. The fraction of sp³-hybridized carbons (Fsp3) is 0.875. The van der Waals surface area contributed by atoms with E-state index in [0.29, 0.717) is 16.9 Å². The summed E-state index contributed by atoms with van der Waals surface area (Å²) in [5, 5.41) is 0. The van der Waals surface area contributed by atoms with Crippen LogP contribution in [0, 0.1) is 11.3 Å². The van der Waals surface area contributed by atoms with Gasteiger partial charge in [-0.3, -0.25) is 4.79 Å². The van der Waals surface area contributed by atoms with Crippen LogP contribution in [0.5, 0.6) is 0 Å². The largest absolute Gasteiger partial charge is 0.392 e. The fourth-order valence-corrected chi connectivity index (χ4v) is 3.85. The van der Waals surface area contributed by atoms with E-state index in [1.165, 1.54) is 0 Å². The van der Waals surface area contributed by atoms with Crippen LogP contribution in [-0.4, -0.2) is 28.4 Å². The molecule has 0 aliphatic carbocycles. The number of nitrogens with zero attached hydrogens (tertiary/aromatic N) is 1. The van der Waals surface area contributed by atoms with E-state index >= 15 is 0 Å². The third kappa shape index (κ3) is 3.33. The van der Waals surface area contributed by atoms with Crippen molar-refractivity contribution in [1.82, 2.24) is 4.90 Å². The van der Waals surface area contributed by atoms with E-state index < -0.39 is 5.41 Å². The van der Waals surface area contributed by atoms with Crippen LogP contribution in [-0.2, 0) is 4.79 Å². The molecule has 1 rings (SSSR count). The van der Waals surface area contributed by atoms with Gasteiger partial charge in [-0.25, -0.2) is 0 Å². The molecule has 3 nitrogen and oxygen atoms in total. The van der Waals surface area contributed by atoms with Gasteiger partial charge in [-0.15, -0.1) is 0 Å². The topological polar surface area (TPSA) is 46.3 Å². The van der Waals surface area contributed by atoms with Gasteiger partial charge in [0.05, 0.1) is 10.4 Å². The van der Waals surface area contributed by atoms with Crippen molar-refractivity contribution < 1.29 is 4.79 Å². The highest BCUT2D eigenvalue weighted by Gasteiger charge is 2.45. The second-order valence-electron chi connectivity index (χ2n) is 6.40. The van der Waals surface area contributed by atoms with E-state index in [-0.39, 0.29) is 5.91 Å². The van der Waals surface area contributed by atoms with E-state index in [1.807, 2.05) is 0 Å². The standard InChI is InChI=1S/C16H30N2OS/c1-5-9-16(10-6-2,14(17)20)15(19)18-11-7-8-13(18)12(3)4/h12-13H,5-11H2,1-4H3,(H2,17,20). The summed E-state index contributed by atoms with van der Waals surface area (Å²) in [6.07, 6.45) is 5.62. The molecule has 4 heteroatoms. The van der Waals surface area contributed by atoms with Gasteiger partial charge in [0.2, 0.25) is 5.91 Å². The molecule has 0 saturated carbocycles. The number of hydrogen-bond donors (Lipinski definition) is 1. The lowest BCUT2D eigenvalue weighted by Crippen LogP contribution is -2.52. The van der Waals surface area contributed by atoms with Crippen molar-refractivity contribution >= 4 is 23.1 Å². The van der Waals surface area contributed by atoms with Crippen LogP contribution in [0.4, 0.5) is 0 Å². The Kier molecular flexibility index (Phi) is 6.44.